The fourth-order valence-electron chi connectivity index (χ4n) is 2.93. The van der Waals surface area contributed by atoms with E-state index >= 15 is 0 Å². The summed E-state index contributed by atoms with van der Waals surface area (Å²) in [5, 5.41) is 5.83. The average Bonchev–Trinajstić information content (AvgIpc) is 2.69. The highest BCUT2D eigenvalue weighted by molar-refractivity contribution is 6.02. The minimum absolute atomic E-state index is 0.0249. The van der Waals surface area contributed by atoms with Gasteiger partial charge in [0.05, 0.1) is 12.3 Å². The molecule has 0 aromatic heterocycles. The molecule has 3 rings (SSSR count). The van der Waals surface area contributed by atoms with Gasteiger partial charge in [0.15, 0.2) is 11.6 Å². The van der Waals surface area contributed by atoms with Crippen molar-refractivity contribution >= 4 is 11.9 Å². The van der Waals surface area contributed by atoms with Crippen LogP contribution in [0.1, 0.15) is 34.8 Å². The van der Waals surface area contributed by atoms with Crippen LogP contribution >= 0.6 is 0 Å². The highest BCUT2D eigenvalue weighted by Gasteiger charge is 2.20. The third-order valence-corrected chi connectivity index (χ3v) is 4.80. The Morgan fingerprint density at radius 2 is 1.84 bits per heavy atom. The molecule has 0 saturated carbocycles. The molecular formula is C21H24F3N5O2. The molecule has 1 aliphatic rings. The first-order chi connectivity index (χ1) is 14.8. The van der Waals surface area contributed by atoms with Crippen LogP contribution in [0.25, 0.3) is 0 Å². The van der Waals surface area contributed by atoms with Gasteiger partial charge >= 0.3 is 0 Å². The minimum Gasteiger partial charge on any atom is -0.376 e. The average molecular weight is 435 g/mol. The topological polar surface area (TPSA) is 115 Å². The first-order valence-electron chi connectivity index (χ1n) is 9.78. The van der Waals surface area contributed by atoms with E-state index in [0.29, 0.717) is 18.7 Å². The Morgan fingerprint density at radius 3 is 2.45 bits per heavy atom. The van der Waals surface area contributed by atoms with E-state index in [1.165, 1.54) is 12.1 Å². The van der Waals surface area contributed by atoms with Crippen LogP contribution in [0.3, 0.4) is 0 Å². The number of rotatable bonds is 7. The van der Waals surface area contributed by atoms with Crippen molar-refractivity contribution in [3.05, 3.63) is 71.0 Å². The number of halogens is 3. The van der Waals surface area contributed by atoms with Crippen molar-refractivity contribution in [3.63, 3.8) is 0 Å². The van der Waals surface area contributed by atoms with E-state index in [4.69, 9.17) is 16.2 Å². The smallest absolute Gasteiger partial charge is 0.280 e. The maximum Gasteiger partial charge on any atom is 0.280 e. The van der Waals surface area contributed by atoms with Gasteiger partial charge in [-0.2, -0.15) is 4.99 Å². The van der Waals surface area contributed by atoms with Gasteiger partial charge in [-0.3, -0.25) is 4.79 Å². The molecule has 0 aliphatic carbocycles. The Kier molecular flexibility index (Phi) is 7.61. The maximum atomic E-state index is 13.4. The molecule has 166 valence electrons. The second-order valence-corrected chi connectivity index (χ2v) is 7.20. The van der Waals surface area contributed by atoms with Crippen LogP contribution in [0.2, 0.25) is 0 Å². The zero-order valence-electron chi connectivity index (χ0n) is 16.7. The van der Waals surface area contributed by atoms with Gasteiger partial charge < -0.3 is 26.8 Å². The number of nitrogens with zero attached hydrogens (tertiary/aromatic N) is 1. The molecule has 1 heterocycles. The Balaban J connectivity index is 1.67. The highest BCUT2D eigenvalue weighted by atomic mass is 19.2. The molecule has 31 heavy (non-hydrogen) atoms. The SMILES string of the molecule is NC(CC(N)c1ccc(F)cc1)N/C(=N\C(=O)c1ccc(F)c(F)c1)NCC1CCO1. The van der Waals surface area contributed by atoms with Gasteiger partial charge in [-0.05, 0) is 48.7 Å². The monoisotopic (exact) mass is 435 g/mol. The first-order valence-corrected chi connectivity index (χ1v) is 9.78. The summed E-state index contributed by atoms with van der Waals surface area (Å²) in [4.78, 5) is 16.3. The molecule has 0 bridgehead atoms. The molecule has 1 amide bonds. The van der Waals surface area contributed by atoms with E-state index < -0.39 is 29.7 Å². The molecule has 6 N–H and O–H groups in total. The number of carbonyl (C=O) groups excluding carboxylic acids is 1. The lowest BCUT2D eigenvalue weighted by molar-refractivity contribution is -0.0461. The van der Waals surface area contributed by atoms with E-state index in [1.54, 1.807) is 12.1 Å². The summed E-state index contributed by atoms with van der Waals surface area (Å²) >= 11 is 0. The second kappa shape index (κ2) is 10.4. The van der Waals surface area contributed by atoms with Gasteiger partial charge in [0, 0.05) is 24.8 Å². The van der Waals surface area contributed by atoms with Crippen molar-refractivity contribution in [1.29, 1.82) is 0 Å². The van der Waals surface area contributed by atoms with E-state index in [2.05, 4.69) is 15.6 Å². The second-order valence-electron chi connectivity index (χ2n) is 7.20. The zero-order valence-corrected chi connectivity index (χ0v) is 16.7. The Morgan fingerprint density at radius 1 is 1.13 bits per heavy atom. The van der Waals surface area contributed by atoms with E-state index in [0.717, 1.165) is 24.6 Å². The lowest BCUT2D eigenvalue weighted by Gasteiger charge is -2.28. The zero-order chi connectivity index (χ0) is 22.4. The number of amides is 1. The number of guanidine groups is 1. The van der Waals surface area contributed by atoms with Gasteiger partial charge in [-0.1, -0.05) is 12.1 Å². The predicted octanol–water partition coefficient (Wildman–Crippen LogP) is 1.94. The van der Waals surface area contributed by atoms with Gasteiger partial charge in [0.25, 0.3) is 5.91 Å². The molecule has 3 atom stereocenters. The predicted molar refractivity (Wildman–Crippen MR) is 110 cm³/mol. The number of aliphatic imine (C=N–C) groups is 1. The van der Waals surface area contributed by atoms with Crippen molar-refractivity contribution < 1.29 is 22.7 Å². The molecule has 7 nitrogen and oxygen atoms in total. The van der Waals surface area contributed by atoms with E-state index in [1.807, 2.05) is 0 Å². The normalized spacial score (nSPS) is 18.1. The summed E-state index contributed by atoms with van der Waals surface area (Å²) in [7, 11) is 0. The number of hydrogen-bond donors (Lipinski definition) is 4. The molecule has 1 aliphatic heterocycles. The van der Waals surface area contributed by atoms with Crippen LogP contribution in [0.15, 0.2) is 47.5 Å². The van der Waals surface area contributed by atoms with Gasteiger partial charge in [0.2, 0.25) is 5.96 Å². The van der Waals surface area contributed by atoms with Gasteiger partial charge in [-0.15, -0.1) is 0 Å². The van der Waals surface area contributed by atoms with Crippen molar-refractivity contribution in [2.75, 3.05) is 13.2 Å². The third-order valence-electron chi connectivity index (χ3n) is 4.80. The standard InChI is InChI=1S/C21H24F3N5O2/c22-14-4-1-12(2-5-14)18(25)10-19(26)28-21(27-11-15-7-8-31-15)29-20(30)13-3-6-16(23)17(24)9-13/h1-6,9,15,18-19H,7-8,10-11,25-26H2,(H2,27,28,29,30). The quantitative estimate of drug-likeness (QED) is 0.300. The summed E-state index contributed by atoms with van der Waals surface area (Å²) in [6.07, 6.45) is 0.388. The van der Waals surface area contributed by atoms with Crippen LogP contribution < -0.4 is 22.1 Å². The van der Waals surface area contributed by atoms with E-state index in [-0.39, 0.29) is 29.9 Å². The molecular weight excluding hydrogens is 411 g/mol. The molecule has 10 heteroatoms. The number of hydrogen-bond acceptors (Lipinski definition) is 4. The third kappa shape index (κ3) is 6.51. The lowest BCUT2D eigenvalue weighted by Crippen LogP contribution is -2.51. The number of nitrogens with one attached hydrogen (secondary N) is 2. The van der Waals surface area contributed by atoms with Gasteiger partial charge in [-0.25, -0.2) is 13.2 Å². The summed E-state index contributed by atoms with van der Waals surface area (Å²) in [5.41, 5.74) is 12.8. The van der Waals surface area contributed by atoms with E-state index in [9.17, 15) is 18.0 Å². The van der Waals surface area contributed by atoms with Crippen LogP contribution in [-0.4, -0.2) is 37.3 Å². The number of carbonyl (C=O) groups is 1. The van der Waals surface area contributed by atoms with Crippen molar-refractivity contribution in [3.8, 4) is 0 Å². The number of nitrogens with two attached hydrogens (primary N) is 2. The molecule has 0 spiro atoms. The molecule has 0 radical (unpaired) electrons. The lowest BCUT2D eigenvalue weighted by atomic mass is 10.0. The van der Waals surface area contributed by atoms with Crippen molar-refractivity contribution in [2.45, 2.75) is 31.2 Å². The molecule has 1 saturated heterocycles. The van der Waals surface area contributed by atoms with Crippen molar-refractivity contribution in [1.82, 2.24) is 10.6 Å². The van der Waals surface area contributed by atoms with Gasteiger partial charge in [0.1, 0.15) is 5.82 Å². The summed E-state index contributed by atoms with van der Waals surface area (Å²) < 4.78 is 45.0. The minimum atomic E-state index is -1.15. The Labute approximate surface area is 177 Å². The summed E-state index contributed by atoms with van der Waals surface area (Å²) in [6.45, 7) is 1.04. The fourth-order valence-corrected chi connectivity index (χ4v) is 2.93. The molecule has 2 aromatic carbocycles. The van der Waals surface area contributed by atoms with Crippen molar-refractivity contribution in [2.24, 2.45) is 16.5 Å². The molecule has 2 aromatic rings. The number of ether oxygens (including phenoxy) is 1. The Bertz CT molecular complexity index is 935. The first kappa shape index (κ1) is 22.7. The highest BCUT2D eigenvalue weighted by Crippen LogP contribution is 2.15. The molecule has 1 fully saturated rings. The summed E-state index contributed by atoms with van der Waals surface area (Å²) in [6, 6.07) is 8.04. The summed E-state index contributed by atoms with van der Waals surface area (Å²) in [5.74, 6) is -3.29. The van der Waals surface area contributed by atoms with Crippen LogP contribution in [-0.2, 0) is 4.74 Å². The Hall–Kier alpha value is -2.95. The van der Waals surface area contributed by atoms with Crippen LogP contribution in [0.5, 0.6) is 0 Å². The maximum absolute atomic E-state index is 13.4. The largest absolute Gasteiger partial charge is 0.376 e. The van der Waals surface area contributed by atoms with Crippen LogP contribution in [0, 0.1) is 17.5 Å². The fraction of sp³-hybridized carbons (Fsp3) is 0.333. The molecule has 3 unspecified atom stereocenters. The van der Waals surface area contributed by atoms with Crippen LogP contribution in [0.4, 0.5) is 13.2 Å². The number of benzene rings is 2.